The molecule has 1 N–H and O–H groups in total. The molecule has 0 aliphatic heterocycles. The predicted octanol–water partition coefficient (Wildman–Crippen LogP) is 4.27. The van der Waals surface area contributed by atoms with Gasteiger partial charge in [-0.1, -0.05) is 40.5 Å². The Morgan fingerprint density at radius 1 is 1.31 bits per heavy atom. The van der Waals surface area contributed by atoms with Gasteiger partial charge in [0, 0.05) is 23.8 Å². The highest BCUT2D eigenvalue weighted by atomic mass is 16.5. The maximum absolute atomic E-state index is 13.5. The second-order valence-electron chi connectivity index (χ2n) is 10.3. The van der Waals surface area contributed by atoms with Crippen molar-refractivity contribution < 1.29 is 23.8 Å². The number of esters is 1. The van der Waals surface area contributed by atoms with E-state index < -0.39 is 17.9 Å². The zero-order valence-corrected chi connectivity index (χ0v) is 18.1. The molecule has 3 unspecified atom stereocenters. The highest BCUT2D eigenvalue weighted by Gasteiger charge is 2.65. The summed E-state index contributed by atoms with van der Waals surface area (Å²) in [6.45, 7) is 8.92. The molecule has 0 bridgehead atoms. The number of carbonyl (C=O) groups is 2. The van der Waals surface area contributed by atoms with Gasteiger partial charge in [-0.15, -0.1) is 0 Å². The number of aliphatic hydroxyl groups is 1. The summed E-state index contributed by atoms with van der Waals surface area (Å²) in [5.41, 5.74) is 0.378. The number of ketones is 1. The molecule has 0 amide bonds. The highest BCUT2D eigenvalue weighted by Crippen LogP contribution is 2.63. The van der Waals surface area contributed by atoms with Gasteiger partial charge in [0.05, 0.1) is 18.8 Å². The summed E-state index contributed by atoms with van der Waals surface area (Å²) in [7, 11) is 0. The fourth-order valence-electron chi connectivity index (χ4n) is 6.91. The first-order valence-corrected chi connectivity index (χ1v) is 11.2. The van der Waals surface area contributed by atoms with Crippen molar-refractivity contribution in [1.82, 2.24) is 0 Å². The number of fused-ring (bicyclic) bond motifs is 4. The minimum Gasteiger partial charge on any atom is -0.469 e. The smallest absolute Gasteiger partial charge is 0.313 e. The third kappa shape index (κ3) is 3.08. The number of Topliss-reactive ketones (excluding diaryl/α,β-unsaturated/α-hetero) is 1. The van der Waals surface area contributed by atoms with E-state index in [1.165, 1.54) is 0 Å². The van der Waals surface area contributed by atoms with Crippen LogP contribution in [0.5, 0.6) is 0 Å². The van der Waals surface area contributed by atoms with Crippen LogP contribution in [0.15, 0.2) is 16.7 Å². The molecule has 1 aromatic heterocycles. The minimum absolute atomic E-state index is 0.0159. The first-order chi connectivity index (χ1) is 13.7. The predicted molar refractivity (Wildman–Crippen MR) is 108 cm³/mol. The van der Waals surface area contributed by atoms with Crippen molar-refractivity contribution in [3.63, 3.8) is 0 Å². The molecule has 4 rings (SSSR count). The molecule has 0 spiro atoms. The lowest BCUT2D eigenvalue weighted by Crippen LogP contribution is -2.64. The Labute approximate surface area is 173 Å². The molecule has 5 heteroatoms. The number of aliphatic hydroxyl groups excluding tert-OH is 1. The van der Waals surface area contributed by atoms with E-state index in [1.54, 1.807) is 6.26 Å². The Balaban J connectivity index is 1.77. The molecule has 2 saturated carbocycles. The lowest BCUT2D eigenvalue weighted by Gasteiger charge is -2.61. The molecule has 5 nitrogen and oxygen atoms in total. The second-order valence-corrected chi connectivity index (χ2v) is 10.3. The van der Waals surface area contributed by atoms with Crippen LogP contribution in [0.4, 0.5) is 0 Å². The molecule has 160 valence electrons. The van der Waals surface area contributed by atoms with E-state index in [9.17, 15) is 14.7 Å². The van der Waals surface area contributed by atoms with Crippen LogP contribution in [0.3, 0.4) is 0 Å². The number of unbranched alkanes of at least 4 members (excludes halogenated alkanes) is 1. The standard InChI is InChI=1S/C24H34O5/c1-5-6-11-29-22(27)17-14-8-12-28-16(14)13-15-18(17)19(25)20(26)21-23(2,3)9-7-10-24(15,21)4/h8,12,15,17-19,21,25H,5-7,9-11,13H2,1-4H3/t15?,17-,18?,19-,21?,24-/m1/s1. The van der Waals surface area contributed by atoms with Crippen LogP contribution < -0.4 is 0 Å². The molecule has 0 aromatic carbocycles. The topological polar surface area (TPSA) is 76.7 Å². The molecular formula is C24H34O5. The Morgan fingerprint density at radius 3 is 2.79 bits per heavy atom. The van der Waals surface area contributed by atoms with Crippen molar-refractivity contribution >= 4 is 11.8 Å². The van der Waals surface area contributed by atoms with E-state index in [1.807, 2.05) is 13.0 Å². The van der Waals surface area contributed by atoms with E-state index in [0.29, 0.717) is 13.0 Å². The molecule has 0 radical (unpaired) electrons. The molecule has 2 fully saturated rings. The molecule has 3 aliphatic carbocycles. The number of carbonyl (C=O) groups excluding carboxylic acids is 2. The van der Waals surface area contributed by atoms with E-state index >= 15 is 0 Å². The molecular weight excluding hydrogens is 368 g/mol. The first-order valence-electron chi connectivity index (χ1n) is 11.2. The zero-order valence-electron chi connectivity index (χ0n) is 18.1. The number of hydrogen-bond donors (Lipinski definition) is 1. The van der Waals surface area contributed by atoms with E-state index in [-0.39, 0.29) is 34.4 Å². The Bertz CT molecular complexity index is 793. The van der Waals surface area contributed by atoms with Gasteiger partial charge in [-0.25, -0.2) is 0 Å². The summed E-state index contributed by atoms with van der Waals surface area (Å²) in [6, 6.07) is 1.81. The van der Waals surface area contributed by atoms with Gasteiger partial charge < -0.3 is 14.3 Å². The van der Waals surface area contributed by atoms with Crippen LogP contribution >= 0.6 is 0 Å². The van der Waals surface area contributed by atoms with Crippen LogP contribution in [-0.4, -0.2) is 29.6 Å². The highest BCUT2D eigenvalue weighted by molar-refractivity contribution is 5.90. The summed E-state index contributed by atoms with van der Waals surface area (Å²) >= 11 is 0. The van der Waals surface area contributed by atoms with Crippen molar-refractivity contribution in [1.29, 1.82) is 0 Å². The van der Waals surface area contributed by atoms with Crippen LogP contribution in [0, 0.1) is 28.6 Å². The fraction of sp³-hybridized carbons (Fsp3) is 0.750. The summed E-state index contributed by atoms with van der Waals surface area (Å²) in [5, 5.41) is 11.2. The van der Waals surface area contributed by atoms with E-state index in [4.69, 9.17) is 9.15 Å². The largest absolute Gasteiger partial charge is 0.469 e. The maximum Gasteiger partial charge on any atom is 0.313 e. The molecule has 1 heterocycles. The molecule has 1 aromatic rings. The van der Waals surface area contributed by atoms with Crippen molar-refractivity contribution in [3.05, 3.63) is 23.7 Å². The Hall–Kier alpha value is -1.62. The third-order valence-corrected chi connectivity index (χ3v) is 8.13. The van der Waals surface area contributed by atoms with Crippen molar-refractivity contribution in [2.24, 2.45) is 28.6 Å². The normalized spacial score (nSPS) is 38.0. The minimum atomic E-state index is -1.14. The average molecular weight is 403 g/mol. The Morgan fingerprint density at radius 2 is 2.07 bits per heavy atom. The van der Waals surface area contributed by atoms with E-state index in [0.717, 1.165) is 43.4 Å². The van der Waals surface area contributed by atoms with Crippen molar-refractivity contribution in [2.75, 3.05) is 6.61 Å². The monoisotopic (exact) mass is 402 g/mol. The lowest BCUT2D eigenvalue weighted by molar-refractivity contribution is -0.181. The van der Waals surface area contributed by atoms with Gasteiger partial charge in [0.15, 0.2) is 5.78 Å². The molecule has 3 aliphatic rings. The Kier molecular flexibility index (Phi) is 5.17. The van der Waals surface area contributed by atoms with Gasteiger partial charge in [0.25, 0.3) is 0 Å². The first kappa shape index (κ1) is 20.6. The third-order valence-electron chi connectivity index (χ3n) is 8.13. The fourth-order valence-corrected chi connectivity index (χ4v) is 6.91. The van der Waals surface area contributed by atoms with E-state index in [2.05, 4.69) is 20.8 Å². The van der Waals surface area contributed by atoms with Gasteiger partial charge in [0.1, 0.15) is 11.9 Å². The van der Waals surface area contributed by atoms with Crippen molar-refractivity contribution in [2.45, 2.75) is 78.2 Å². The zero-order chi connectivity index (χ0) is 21.0. The summed E-state index contributed by atoms with van der Waals surface area (Å²) in [4.78, 5) is 26.6. The summed E-state index contributed by atoms with van der Waals surface area (Å²) < 4.78 is 11.4. The SMILES string of the molecule is CCCCOC(=O)[C@@H]1c2ccoc2CC2C1[C@@H](O)C(=O)C1C(C)(C)CCC[C@]21C. The number of hydrogen-bond acceptors (Lipinski definition) is 5. The van der Waals surface area contributed by atoms with Crippen molar-refractivity contribution in [3.8, 4) is 0 Å². The van der Waals surface area contributed by atoms with Gasteiger partial charge in [-0.05, 0) is 42.1 Å². The maximum atomic E-state index is 13.5. The number of rotatable bonds is 4. The summed E-state index contributed by atoms with van der Waals surface area (Å²) in [5.74, 6) is -0.876. The van der Waals surface area contributed by atoms with Crippen LogP contribution in [0.1, 0.15) is 77.0 Å². The number of furan rings is 1. The molecule has 29 heavy (non-hydrogen) atoms. The summed E-state index contributed by atoms with van der Waals surface area (Å²) in [6.07, 6.45) is 5.88. The number of ether oxygens (including phenoxy) is 1. The lowest BCUT2D eigenvalue weighted by atomic mass is 9.42. The van der Waals surface area contributed by atoms with Crippen LogP contribution in [0.2, 0.25) is 0 Å². The molecule has 6 atom stereocenters. The van der Waals surface area contributed by atoms with Gasteiger partial charge in [0.2, 0.25) is 0 Å². The van der Waals surface area contributed by atoms with Gasteiger partial charge in [-0.2, -0.15) is 0 Å². The van der Waals surface area contributed by atoms with Gasteiger partial charge >= 0.3 is 5.97 Å². The average Bonchev–Trinajstić information content (AvgIpc) is 3.12. The van der Waals surface area contributed by atoms with Gasteiger partial charge in [-0.3, -0.25) is 9.59 Å². The van der Waals surface area contributed by atoms with Crippen LogP contribution in [0.25, 0.3) is 0 Å². The van der Waals surface area contributed by atoms with Crippen LogP contribution in [-0.2, 0) is 20.7 Å². The molecule has 0 saturated heterocycles. The quantitative estimate of drug-likeness (QED) is 0.601. The second kappa shape index (κ2) is 7.26.